The number of carbonyl (C=O) groups excluding carboxylic acids is 2. The first-order valence-electron chi connectivity index (χ1n) is 31.4. The molecule has 0 radical (unpaired) electrons. The predicted molar refractivity (Wildman–Crippen MR) is 330 cm³/mol. The molecule has 10 heteroatoms. The van der Waals surface area contributed by atoms with Crippen LogP contribution in [-0.4, -0.2) is 49.3 Å². The van der Waals surface area contributed by atoms with Crippen molar-refractivity contribution in [3.63, 3.8) is 0 Å². The number of hydrogen-bond donors (Lipinski definition) is 2. The van der Waals surface area contributed by atoms with Crippen molar-refractivity contribution in [1.82, 2.24) is 0 Å². The number of ether oxygens (including phenoxy) is 2. The smallest absolute Gasteiger partial charge is 0.462 e. The topological polar surface area (TPSA) is 134 Å². The normalized spacial score (nSPS) is 13.8. The molecule has 0 saturated heterocycles. The number of rotatable bonds is 58. The predicted octanol–water partition coefficient (Wildman–Crippen LogP) is 20.2. The van der Waals surface area contributed by atoms with E-state index in [1.807, 2.05) is 0 Å². The molecular weight excluding hydrogens is 978 g/mol. The molecule has 442 valence electrons. The summed E-state index contributed by atoms with van der Waals surface area (Å²) >= 11 is 0. The molecule has 9 nitrogen and oxygen atoms in total. The SMILES string of the molecule is CC/C=C\C/C=C\C/C=C\C/C=C\C/C=C\CCCCCCCCCCCCCCCCCC(=O)OC(COC(=O)CCCCCCCCCCCCCC/C=C\C/C=C\C/C=C\C/C=C\CC)COP(=O)(O)OCCN. The third kappa shape index (κ3) is 61.7. The van der Waals surface area contributed by atoms with Crippen LogP contribution in [0.3, 0.4) is 0 Å². The van der Waals surface area contributed by atoms with Gasteiger partial charge in [0.1, 0.15) is 6.61 Å². The Bertz CT molecular complexity index is 1630. The molecule has 0 aliphatic carbocycles. The van der Waals surface area contributed by atoms with Gasteiger partial charge in [-0.2, -0.15) is 0 Å². The highest BCUT2D eigenvalue weighted by Gasteiger charge is 2.26. The molecule has 0 spiro atoms. The summed E-state index contributed by atoms with van der Waals surface area (Å²) in [5, 5.41) is 0. The standard InChI is InChI=1S/C67H116NO8P/c1-3-5-7-9-11-13-15-17-19-21-23-25-27-29-30-31-32-33-34-36-38-40-42-44-46-48-50-52-54-56-58-60-67(70)76-65(64-75-77(71,72)74-62-61-68)63-73-66(69)59-57-55-53-51-49-47-45-43-41-39-37-35-28-26-24-22-20-18-16-14-12-10-8-6-4-2/h5-8,11-14,17-20,23-26,29-30,65H,3-4,9-10,15-16,21-22,27-28,31-64,68H2,1-2H3,(H,71,72)/b7-5-,8-6-,13-11-,14-12-,19-17-,20-18-,25-23-,26-24-,30-29-. The molecule has 0 aromatic rings. The fourth-order valence-corrected chi connectivity index (χ4v) is 9.36. The van der Waals surface area contributed by atoms with E-state index in [0.29, 0.717) is 6.42 Å². The number of nitrogens with two attached hydrogens (primary N) is 1. The average Bonchev–Trinajstić information content (AvgIpc) is 3.42. The zero-order valence-corrected chi connectivity index (χ0v) is 50.3. The fraction of sp³-hybridized carbons (Fsp3) is 0.701. The second-order valence-corrected chi connectivity index (χ2v) is 22.0. The van der Waals surface area contributed by atoms with Gasteiger partial charge >= 0.3 is 19.8 Å². The Morgan fingerprint density at radius 3 is 1.00 bits per heavy atom. The summed E-state index contributed by atoms with van der Waals surface area (Å²) in [7, 11) is -4.40. The number of hydrogen-bond acceptors (Lipinski definition) is 8. The van der Waals surface area contributed by atoms with E-state index in [-0.39, 0.29) is 38.6 Å². The zero-order chi connectivity index (χ0) is 55.9. The third-order valence-corrected chi connectivity index (χ3v) is 14.1. The van der Waals surface area contributed by atoms with Gasteiger partial charge in [0.15, 0.2) is 6.10 Å². The number of unbranched alkanes of at least 4 members (excludes halogenated alkanes) is 27. The minimum Gasteiger partial charge on any atom is -0.462 e. The van der Waals surface area contributed by atoms with Crippen molar-refractivity contribution in [2.75, 3.05) is 26.4 Å². The molecule has 0 aliphatic heterocycles. The maximum Gasteiger partial charge on any atom is 0.472 e. The largest absolute Gasteiger partial charge is 0.472 e. The summed E-state index contributed by atoms with van der Waals surface area (Å²) < 4.78 is 33.1. The van der Waals surface area contributed by atoms with Crippen molar-refractivity contribution in [3.8, 4) is 0 Å². The molecule has 2 unspecified atom stereocenters. The second-order valence-electron chi connectivity index (χ2n) is 20.5. The Morgan fingerprint density at radius 1 is 0.390 bits per heavy atom. The van der Waals surface area contributed by atoms with Crippen molar-refractivity contribution < 1.29 is 37.6 Å². The van der Waals surface area contributed by atoms with Crippen LogP contribution in [-0.2, 0) is 32.7 Å². The molecule has 0 fully saturated rings. The first kappa shape index (κ1) is 73.7. The average molecular weight is 1090 g/mol. The second kappa shape index (κ2) is 61.9. The summed E-state index contributed by atoms with van der Waals surface area (Å²) in [5.74, 6) is -0.828. The molecule has 0 heterocycles. The van der Waals surface area contributed by atoms with Gasteiger partial charge in [0, 0.05) is 19.4 Å². The molecule has 0 aliphatic rings. The summed E-state index contributed by atoms with van der Waals surface area (Å²) in [6, 6.07) is 0. The maximum absolute atomic E-state index is 12.7. The quantitative estimate of drug-likeness (QED) is 0.0264. The van der Waals surface area contributed by atoms with Crippen molar-refractivity contribution in [2.24, 2.45) is 5.73 Å². The van der Waals surface area contributed by atoms with E-state index in [2.05, 4.69) is 123 Å². The van der Waals surface area contributed by atoms with Crippen LogP contribution < -0.4 is 5.73 Å². The molecule has 0 aromatic heterocycles. The monoisotopic (exact) mass is 1090 g/mol. The summed E-state index contributed by atoms with van der Waals surface area (Å²) in [6.07, 6.45) is 84.4. The lowest BCUT2D eigenvalue weighted by Gasteiger charge is -2.19. The molecule has 3 N–H and O–H groups in total. The molecule has 2 atom stereocenters. The lowest BCUT2D eigenvalue weighted by atomic mass is 10.0. The number of phosphoric ester groups is 1. The number of carbonyl (C=O) groups is 2. The van der Waals surface area contributed by atoms with Gasteiger partial charge in [-0.1, -0.05) is 271 Å². The van der Waals surface area contributed by atoms with E-state index in [1.165, 1.54) is 141 Å². The Morgan fingerprint density at radius 2 is 0.675 bits per heavy atom. The minimum absolute atomic E-state index is 0.0495. The molecule has 0 rings (SSSR count). The summed E-state index contributed by atoms with van der Waals surface area (Å²) in [4.78, 5) is 35.3. The van der Waals surface area contributed by atoms with Crippen LogP contribution >= 0.6 is 7.82 Å². The Labute approximate surface area is 473 Å². The number of phosphoric acid groups is 1. The lowest BCUT2D eigenvalue weighted by molar-refractivity contribution is -0.161. The molecule has 0 bridgehead atoms. The summed E-state index contributed by atoms with van der Waals surface area (Å²) in [5.41, 5.74) is 5.39. The van der Waals surface area contributed by atoms with Crippen molar-refractivity contribution in [3.05, 3.63) is 109 Å². The molecule has 0 aromatic carbocycles. The first-order chi connectivity index (χ1) is 37.8. The van der Waals surface area contributed by atoms with Crippen LogP contribution in [0.2, 0.25) is 0 Å². The molecule has 0 saturated carbocycles. The van der Waals surface area contributed by atoms with Gasteiger partial charge in [-0.15, -0.1) is 0 Å². The van der Waals surface area contributed by atoms with Crippen LogP contribution in [0.1, 0.15) is 271 Å². The maximum atomic E-state index is 12.7. The van der Waals surface area contributed by atoms with Crippen LogP contribution in [0.5, 0.6) is 0 Å². The Balaban J connectivity index is 3.93. The van der Waals surface area contributed by atoms with Crippen molar-refractivity contribution >= 4 is 19.8 Å². The van der Waals surface area contributed by atoms with Crippen LogP contribution in [0.4, 0.5) is 0 Å². The highest BCUT2D eigenvalue weighted by Crippen LogP contribution is 2.43. The van der Waals surface area contributed by atoms with Gasteiger partial charge < -0.3 is 20.1 Å². The van der Waals surface area contributed by atoms with E-state index >= 15 is 0 Å². The van der Waals surface area contributed by atoms with Gasteiger partial charge in [-0.3, -0.25) is 18.6 Å². The third-order valence-electron chi connectivity index (χ3n) is 13.2. The van der Waals surface area contributed by atoms with E-state index in [9.17, 15) is 19.0 Å². The van der Waals surface area contributed by atoms with Crippen molar-refractivity contribution in [1.29, 1.82) is 0 Å². The van der Waals surface area contributed by atoms with Crippen LogP contribution in [0.25, 0.3) is 0 Å². The van der Waals surface area contributed by atoms with Gasteiger partial charge in [0.05, 0.1) is 13.2 Å². The minimum atomic E-state index is -4.40. The van der Waals surface area contributed by atoms with Gasteiger partial charge in [0.25, 0.3) is 0 Å². The zero-order valence-electron chi connectivity index (χ0n) is 49.4. The molecule has 0 amide bonds. The lowest BCUT2D eigenvalue weighted by Crippen LogP contribution is -2.29. The van der Waals surface area contributed by atoms with Crippen molar-refractivity contribution in [2.45, 2.75) is 277 Å². The van der Waals surface area contributed by atoms with Gasteiger partial charge in [-0.25, -0.2) is 4.57 Å². The van der Waals surface area contributed by atoms with E-state index in [0.717, 1.165) is 96.3 Å². The molecule has 77 heavy (non-hydrogen) atoms. The van der Waals surface area contributed by atoms with Gasteiger partial charge in [-0.05, 0) is 96.3 Å². The van der Waals surface area contributed by atoms with Crippen LogP contribution in [0.15, 0.2) is 109 Å². The summed E-state index contributed by atoms with van der Waals surface area (Å²) in [6.45, 7) is 3.53. The van der Waals surface area contributed by atoms with E-state index in [1.54, 1.807) is 0 Å². The van der Waals surface area contributed by atoms with Crippen LogP contribution in [0, 0.1) is 0 Å². The Hall–Kier alpha value is -3.33. The van der Waals surface area contributed by atoms with E-state index < -0.39 is 26.5 Å². The highest BCUT2D eigenvalue weighted by molar-refractivity contribution is 7.47. The van der Waals surface area contributed by atoms with E-state index in [4.69, 9.17) is 24.3 Å². The molecular formula is C67H116NO8P. The fourth-order valence-electron chi connectivity index (χ4n) is 8.60. The Kier molecular flexibility index (Phi) is 59.2. The first-order valence-corrected chi connectivity index (χ1v) is 32.9. The number of esters is 2. The highest BCUT2D eigenvalue weighted by atomic mass is 31.2. The van der Waals surface area contributed by atoms with Gasteiger partial charge in [0.2, 0.25) is 0 Å². The number of allylic oxidation sites excluding steroid dienone is 18.